The number of hydrogen-bond donors (Lipinski definition) is 14. The van der Waals surface area contributed by atoms with Gasteiger partial charge in [0.05, 0.1) is 56.6 Å². The maximum Gasteiger partial charge on any atom is 0.329 e. The van der Waals surface area contributed by atoms with Crippen molar-refractivity contribution in [1.82, 2.24) is 45.9 Å². The second-order valence-corrected chi connectivity index (χ2v) is 28.4. The molecule has 12 rings (SSSR count). The van der Waals surface area contributed by atoms with E-state index in [0.29, 0.717) is 24.0 Å². The molecule has 2 aliphatic carbocycles. The lowest BCUT2D eigenvalue weighted by Gasteiger charge is -2.29. The molecular formula is C80H97N9O13. The van der Waals surface area contributed by atoms with Gasteiger partial charge < -0.3 is 85.6 Å². The fourth-order valence-electron chi connectivity index (χ4n) is 16.5. The number of amides is 1. The van der Waals surface area contributed by atoms with Crippen LogP contribution in [0.5, 0.6) is 0 Å². The number of aliphatic carboxylic acids is 1. The number of H-pyrrole nitrogens is 6. The minimum absolute atomic E-state index is 0.00212. The first-order chi connectivity index (χ1) is 49.0. The molecule has 2 saturated heterocycles. The molecule has 4 aliphatic heterocycles. The number of fused-ring (bicyclic) bond motifs is 14. The molecule has 22 heteroatoms. The Kier molecular flexibility index (Phi) is 21.4. The van der Waals surface area contributed by atoms with Gasteiger partial charge in [0.1, 0.15) is 24.6 Å². The lowest BCUT2D eigenvalue weighted by Crippen LogP contribution is -2.49. The number of carboxylic acid groups (broad SMARTS) is 1. The van der Waals surface area contributed by atoms with Crippen molar-refractivity contribution >= 4 is 89.0 Å². The molecular weight excluding hydrogens is 1290 g/mol. The van der Waals surface area contributed by atoms with Crippen LogP contribution in [0.3, 0.4) is 0 Å². The molecule has 6 aromatic rings. The summed E-state index contributed by atoms with van der Waals surface area (Å²) in [6.45, 7) is 25.0. The van der Waals surface area contributed by atoms with Crippen LogP contribution in [-0.2, 0) is 41.4 Å². The average molecular weight is 1390 g/mol. The monoisotopic (exact) mass is 1390 g/mol. The van der Waals surface area contributed by atoms with Crippen LogP contribution >= 0.6 is 0 Å². The van der Waals surface area contributed by atoms with Crippen molar-refractivity contribution in [3.05, 3.63) is 170 Å². The zero-order chi connectivity index (χ0) is 72.9. The van der Waals surface area contributed by atoms with Crippen molar-refractivity contribution in [2.75, 3.05) is 46.2 Å². The van der Waals surface area contributed by atoms with Crippen LogP contribution in [0, 0.1) is 71.1 Å². The second-order valence-electron chi connectivity index (χ2n) is 28.4. The van der Waals surface area contributed by atoms with Crippen LogP contribution < -0.4 is 37.3 Å². The van der Waals surface area contributed by atoms with Crippen molar-refractivity contribution in [3.63, 3.8) is 0 Å². The van der Waals surface area contributed by atoms with Gasteiger partial charge >= 0.3 is 5.97 Å². The summed E-state index contributed by atoms with van der Waals surface area (Å²) in [6.07, 6.45) is 15.3. The van der Waals surface area contributed by atoms with E-state index in [1.54, 1.807) is 0 Å². The summed E-state index contributed by atoms with van der Waals surface area (Å²) < 4.78 is 17.9. The van der Waals surface area contributed by atoms with Crippen molar-refractivity contribution < 1.29 is 63.7 Å². The van der Waals surface area contributed by atoms with Crippen LogP contribution in [0.1, 0.15) is 195 Å². The Hall–Kier alpha value is -9.13. The van der Waals surface area contributed by atoms with Crippen LogP contribution in [0.4, 0.5) is 0 Å². The molecule has 0 radical (unpaired) electrons. The molecule has 1 amide bonds. The number of aromatic nitrogens is 6. The highest BCUT2D eigenvalue weighted by Gasteiger charge is 2.43. The van der Waals surface area contributed by atoms with E-state index in [0.717, 1.165) is 158 Å². The number of Topliss-reactive ketones (excluding diaryl/α,β-unsaturated/α-hetero) is 3. The van der Waals surface area contributed by atoms with Crippen LogP contribution in [0.15, 0.2) is 35.9 Å². The SMILES string of the molecule is C=Cc1c2[nH]c(c1C)C=C1NC(=C3CC(=O)c4c3[nH]c(c4C)C=c3[nH]c(c(C)c3CC)=C2)C(CCC(=O)CC(CO)C(CO)OCC(COC(CO)C(CO)NC(=O)CCC2C3=C4CC(=O)c5c4[nH]c(c5C)C=c4[nH]c(c(C)c4CC)=Cc4[nH]c(c(C)c4C=C)C=C(N3)[C@H]2C)OCC(=O)O)[C@@H]1C. The van der Waals surface area contributed by atoms with E-state index in [4.69, 9.17) is 14.2 Å². The van der Waals surface area contributed by atoms with Gasteiger partial charge in [-0.3, -0.25) is 19.2 Å². The molecule has 16 bridgehead atoms. The topological polar surface area (TPSA) is 345 Å². The van der Waals surface area contributed by atoms with Gasteiger partial charge in [0, 0.05) is 180 Å². The third-order valence-electron chi connectivity index (χ3n) is 22.5. The van der Waals surface area contributed by atoms with E-state index in [9.17, 15) is 49.5 Å². The number of rotatable bonds is 28. The Morgan fingerprint density at radius 3 is 1.44 bits per heavy atom. The molecule has 0 aromatic carbocycles. The number of carboxylic acids is 1. The van der Waals surface area contributed by atoms with Gasteiger partial charge in [-0.05, 0) is 148 Å². The lowest BCUT2D eigenvalue weighted by molar-refractivity contribution is -0.154. The van der Waals surface area contributed by atoms with Crippen molar-refractivity contribution in [1.29, 1.82) is 0 Å². The van der Waals surface area contributed by atoms with E-state index < -0.39 is 81.8 Å². The number of carbonyl (C=O) groups excluding carboxylic acids is 4. The van der Waals surface area contributed by atoms with Crippen molar-refractivity contribution in [2.24, 2.45) is 29.6 Å². The normalized spacial score (nSPS) is 19.5. The van der Waals surface area contributed by atoms with Gasteiger partial charge in [-0.15, -0.1) is 0 Å². The Balaban J connectivity index is 0.717. The number of aromatic amines is 6. The Labute approximate surface area is 592 Å². The van der Waals surface area contributed by atoms with E-state index in [-0.39, 0.29) is 79.7 Å². The number of aliphatic hydroxyl groups excluding tert-OH is 4. The van der Waals surface area contributed by atoms with E-state index >= 15 is 0 Å². The summed E-state index contributed by atoms with van der Waals surface area (Å²) >= 11 is 0. The number of carbonyl (C=O) groups is 5. The zero-order valence-electron chi connectivity index (χ0n) is 60.0. The lowest BCUT2D eigenvalue weighted by atomic mass is 9.85. The first-order valence-electron chi connectivity index (χ1n) is 35.7. The summed E-state index contributed by atoms with van der Waals surface area (Å²) in [6, 6.07) is -1.13. The maximum atomic E-state index is 14.3. The molecule has 10 heterocycles. The van der Waals surface area contributed by atoms with Crippen molar-refractivity contribution in [3.8, 4) is 0 Å². The van der Waals surface area contributed by atoms with Gasteiger partial charge in [0.2, 0.25) is 5.91 Å². The zero-order valence-corrected chi connectivity index (χ0v) is 60.0. The van der Waals surface area contributed by atoms with Crippen LogP contribution in [0.2, 0.25) is 0 Å². The van der Waals surface area contributed by atoms with Gasteiger partial charge in [0.15, 0.2) is 11.6 Å². The summed E-state index contributed by atoms with van der Waals surface area (Å²) in [5.41, 5.74) is 23.5. The minimum atomic E-state index is -1.30. The number of ether oxygens (including phenoxy) is 3. The molecule has 14 N–H and O–H groups in total. The van der Waals surface area contributed by atoms with E-state index in [1.165, 1.54) is 11.1 Å². The molecule has 6 aromatic heterocycles. The van der Waals surface area contributed by atoms with E-state index in [2.05, 4.69) is 144 Å². The number of allylic oxidation sites excluding steroid dienone is 6. The number of hydrogen-bond acceptors (Lipinski definition) is 14. The number of ketones is 3. The average Bonchev–Trinajstić information content (AvgIpc) is 1.59. The summed E-state index contributed by atoms with van der Waals surface area (Å²) in [4.78, 5) is 90.4. The Morgan fingerprint density at radius 1 is 0.559 bits per heavy atom. The maximum absolute atomic E-state index is 14.3. The molecule has 2 fully saturated rings. The fraction of sp³-hybridized carbons (Fsp3) is 0.438. The molecule has 102 heavy (non-hydrogen) atoms. The fourth-order valence-corrected chi connectivity index (χ4v) is 16.5. The highest BCUT2D eigenvalue weighted by molar-refractivity contribution is 6.14. The summed E-state index contributed by atoms with van der Waals surface area (Å²) in [5, 5.41) is 66.9. The highest BCUT2D eigenvalue weighted by atomic mass is 16.6. The minimum Gasteiger partial charge on any atom is -0.480 e. The smallest absolute Gasteiger partial charge is 0.329 e. The van der Waals surface area contributed by atoms with Gasteiger partial charge in [-0.25, -0.2) is 4.79 Å². The van der Waals surface area contributed by atoms with Crippen LogP contribution in [-0.4, -0.2) is 155 Å². The predicted molar refractivity (Wildman–Crippen MR) is 393 cm³/mol. The van der Waals surface area contributed by atoms with Crippen molar-refractivity contribution in [2.45, 2.75) is 151 Å². The molecule has 540 valence electrons. The van der Waals surface area contributed by atoms with Gasteiger partial charge in [0.25, 0.3) is 0 Å². The molecule has 7 unspecified atom stereocenters. The highest BCUT2D eigenvalue weighted by Crippen LogP contribution is 2.48. The van der Waals surface area contributed by atoms with Crippen LogP contribution in [0.25, 0.3) is 59.8 Å². The third-order valence-corrected chi connectivity index (χ3v) is 22.5. The quantitative estimate of drug-likeness (QED) is 0.0241. The van der Waals surface area contributed by atoms with Gasteiger partial charge in [-0.1, -0.05) is 53.0 Å². The Morgan fingerprint density at radius 2 is 1.01 bits per heavy atom. The standard InChI is InChI=1S/C80H97N9O13/c1-13-48-37(5)56-24-60-41(9)52(77(86-60)54-22-69(95)75-43(11)62(88-79(54)75)28-66-50(15-3)39(7)58(83-66)26-64(48)81-56)18-17-46(94)21-45(30-90)71(32-92)101-34-47(100-36-74(98)99)35-102-72(33-93)68(31-91)85-73(97)20-19-53-42(10)61-25-57-38(6)49(14-2)65(82-57)27-59-40(8)51(16-4)67(84-59)29-63-44(12)76-70(96)23-55(78(53)87-61)80(76)89-63/h13-14,24-29,41-42,45,47,52-53,68,71-72,81-84,86-93H,1-2,15-23,30-36H2,3-12H3,(H,85,97)(H,98,99)/t41-,42-,45?,47?,52?,53?,68?,71?,72?/m0/s1. The number of nitrogens with one attached hydrogen (secondary N) is 9. The molecule has 0 saturated carbocycles. The van der Waals surface area contributed by atoms with Gasteiger partial charge in [-0.2, -0.15) is 0 Å². The molecule has 22 nitrogen and oxygen atoms in total. The second kappa shape index (κ2) is 30.1. The largest absolute Gasteiger partial charge is 0.480 e. The number of aliphatic hydroxyl groups is 4. The molecule has 9 atom stereocenters. The summed E-state index contributed by atoms with van der Waals surface area (Å²) in [5.74, 6) is -3.61. The molecule has 6 aliphatic rings. The first kappa shape index (κ1) is 72.7. The van der Waals surface area contributed by atoms with E-state index in [1.807, 2.05) is 32.9 Å². The molecule has 0 spiro atoms. The first-order valence-corrected chi connectivity index (χ1v) is 35.7. The Bertz CT molecular complexity index is 4510. The third kappa shape index (κ3) is 13.7. The predicted octanol–water partition coefficient (Wildman–Crippen LogP) is 6.78. The summed E-state index contributed by atoms with van der Waals surface area (Å²) in [7, 11) is 0.